The Hall–Kier alpha value is -10.7. The Morgan fingerprint density at radius 3 is 1.27 bits per heavy atom. The molecule has 3 aliphatic carbocycles. The van der Waals surface area contributed by atoms with Crippen molar-refractivity contribution in [2.75, 3.05) is 4.90 Å². The quantitative estimate of drug-likeness (QED) is 0.167. The normalized spacial score (nSPS) is 15.1. The SMILES string of the molecule is c1ccc(-n2c3ccccc3c3ccc(-c4ccc(N(c5ccc6c(c5)C5(c7ccccc7-c7ccccc75)c5ccccc5-6)c5ccc6c(c5)C5(c7ccccc7-6)c6ccccc6-n6c7ccccc7c7cccc5c76)cc4)cc32)cc1. The molecular weight excluding hydrogens is 1000 g/mol. The highest BCUT2D eigenvalue weighted by Gasteiger charge is 2.53. The number of nitrogens with zero attached hydrogens (tertiary/aromatic N) is 3. The fraction of sp³-hybridized carbons (Fsp3) is 0.0250. The molecule has 0 radical (unpaired) electrons. The molecule has 0 saturated carbocycles. The lowest BCUT2D eigenvalue weighted by atomic mass is 9.65. The number of aromatic nitrogens is 2. The molecule has 1 unspecified atom stereocenters. The molecule has 3 heterocycles. The minimum absolute atomic E-state index is 0.502. The highest BCUT2D eigenvalue weighted by atomic mass is 15.1. The molecule has 15 aromatic rings. The van der Waals surface area contributed by atoms with Gasteiger partial charge in [-0.1, -0.05) is 224 Å². The van der Waals surface area contributed by atoms with Crippen molar-refractivity contribution in [3.8, 4) is 55.9 Å². The van der Waals surface area contributed by atoms with Gasteiger partial charge in [0.2, 0.25) is 0 Å². The number of para-hydroxylation sites is 5. The van der Waals surface area contributed by atoms with Crippen LogP contribution in [0.4, 0.5) is 17.1 Å². The second-order valence-electron chi connectivity index (χ2n) is 23.0. The van der Waals surface area contributed by atoms with Crippen molar-refractivity contribution in [3.63, 3.8) is 0 Å². The first-order valence-corrected chi connectivity index (χ1v) is 29.0. The van der Waals surface area contributed by atoms with E-state index in [9.17, 15) is 0 Å². The van der Waals surface area contributed by atoms with Gasteiger partial charge in [0.1, 0.15) is 0 Å². The van der Waals surface area contributed by atoms with E-state index in [0.29, 0.717) is 0 Å². The van der Waals surface area contributed by atoms with Gasteiger partial charge in [-0.15, -0.1) is 0 Å². The van der Waals surface area contributed by atoms with Crippen LogP contribution in [0.3, 0.4) is 0 Å². The van der Waals surface area contributed by atoms with Gasteiger partial charge in [0.05, 0.1) is 38.6 Å². The Morgan fingerprint density at radius 2 is 0.663 bits per heavy atom. The molecule has 0 bridgehead atoms. The Bertz CT molecular complexity index is 5220. The Kier molecular flexibility index (Phi) is 8.92. The summed E-state index contributed by atoms with van der Waals surface area (Å²) in [5.74, 6) is 0. The predicted octanol–water partition coefficient (Wildman–Crippen LogP) is 20.0. The molecule has 1 aliphatic heterocycles. The number of benzene rings is 13. The molecule has 3 nitrogen and oxygen atoms in total. The van der Waals surface area contributed by atoms with Crippen LogP contribution in [0.15, 0.2) is 297 Å². The molecule has 19 rings (SSSR count). The average molecular weight is 1050 g/mol. The van der Waals surface area contributed by atoms with E-state index in [1.54, 1.807) is 0 Å². The molecule has 13 aromatic carbocycles. The lowest BCUT2D eigenvalue weighted by Crippen LogP contribution is -2.33. The van der Waals surface area contributed by atoms with Crippen molar-refractivity contribution < 1.29 is 0 Å². The molecule has 0 saturated heterocycles. The van der Waals surface area contributed by atoms with E-state index < -0.39 is 10.8 Å². The van der Waals surface area contributed by atoms with Crippen LogP contribution in [0.2, 0.25) is 0 Å². The van der Waals surface area contributed by atoms with Crippen LogP contribution in [-0.2, 0) is 10.8 Å². The van der Waals surface area contributed by atoms with Gasteiger partial charge in [-0.2, -0.15) is 0 Å². The number of hydrogen-bond donors (Lipinski definition) is 0. The van der Waals surface area contributed by atoms with Crippen LogP contribution in [0.25, 0.3) is 99.5 Å². The number of hydrogen-bond acceptors (Lipinski definition) is 1. The monoisotopic (exact) mass is 1050 g/mol. The summed E-state index contributed by atoms with van der Waals surface area (Å²) in [5.41, 5.74) is 30.0. The smallest absolute Gasteiger partial charge is 0.0755 e. The maximum atomic E-state index is 2.55. The number of anilines is 3. The van der Waals surface area contributed by atoms with Crippen molar-refractivity contribution in [1.29, 1.82) is 0 Å². The maximum Gasteiger partial charge on any atom is 0.0755 e. The zero-order chi connectivity index (χ0) is 54.1. The topological polar surface area (TPSA) is 13.1 Å². The first-order valence-electron chi connectivity index (χ1n) is 29.0. The van der Waals surface area contributed by atoms with E-state index in [2.05, 4.69) is 311 Å². The number of rotatable bonds is 5. The van der Waals surface area contributed by atoms with Gasteiger partial charge in [-0.3, -0.25) is 0 Å². The molecule has 1 atom stereocenters. The zero-order valence-corrected chi connectivity index (χ0v) is 45.1. The van der Waals surface area contributed by atoms with Crippen molar-refractivity contribution in [2.24, 2.45) is 0 Å². The van der Waals surface area contributed by atoms with Gasteiger partial charge in [0.15, 0.2) is 0 Å². The van der Waals surface area contributed by atoms with Gasteiger partial charge in [-0.25, -0.2) is 0 Å². The third-order valence-corrected chi connectivity index (χ3v) is 19.3. The molecule has 4 aliphatic rings. The fourth-order valence-electron chi connectivity index (χ4n) is 16.2. The number of fused-ring (bicyclic) bond motifs is 25. The predicted molar refractivity (Wildman–Crippen MR) is 342 cm³/mol. The van der Waals surface area contributed by atoms with Crippen molar-refractivity contribution >= 4 is 60.7 Å². The zero-order valence-electron chi connectivity index (χ0n) is 45.1. The van der Waals surface area contributed by atoms with E-state index in [1.165, 1.54) is 133 Å². The summed E-state index contributed by atoms with van der Waals surface area (Å²) in [7, 11) is 0. The molecule has 2 aromatic heterocycles. The lowest BCUT2D eigenvalue weighted by Gasteiger charge is -2.40. The van der Waals surface area contributed by atoms with Gasteiger partial charge in [-0.05, 0) is 162 Å². The minimum Gasteiger partial charge on any atom is -0.310 e. The molecule has 2 spiro atoms. The summed E-state index contributed by atoms with van der Waals surface area (Å²) in [6, 6.07) is 112. The van der Waals surface area contributed by atoms with Gasteiger partial charge in [0, 0.05) is 44.3 Å². The van der Waals surface area contributed by atoms with Crippen LogP contribution in [0.5, 0.6) is 0 Å². The second kappa shape index (κ2) is 16.4. The van der Waals surface area contributed by atoms with E-state index in [4.69, 9.17) is 0 Å². The molecule has 3 heteroatoms. The van der Waals surface area contributed by atoms with Crippen molar-refractivity contribution in [1.82, 2.24) is 9.13 Å². The highest BCUT2D eigenvalue weighted by Crippen LogP contribution is 2.65. The molecule has 0 N–H and O–H groups in total. The highest BCUT2D eigenvalue weighted by molar-refractivity contribution is 6.13. The maximum absolute atomic E-state index is 2.55. The summed E-state index contributed by atoms with van der Waals surface area (Å²) in [6.07, 6.45) is 0. The summed E-state index contributed by atoms with van der Waals surface area (Å²) in [6.45, 7) is 0. The van der Waals surface area contributed by atoms with Crippen LogP contribution >= 0.6 is 0 Å². The molecule has 384 valence electrons. The summed E-state index contributed by atoms with van der Waals surface area (Å²) in [4.78, 5) is 2.53. The molecule has 0 amide bonds. The summed E-state index contributed by atoms with van der Waals surface area (Å²) >= 11 is 0. The summed E-state index contributed by atoms with van der Waals surface area (Å²) < 4.78 is 4.95. The fourth-order valence-corrected chi connectivity index (χ4v) is 16.2. The van der Waals surface area contributed by atoms with E-state index in [-0.39, 0.29) is 0 Å². The molecule has 0 fully saturated rings. The van der Waals surface area contributed by atoms with Crippen molar-refractivity contribution in [3.05, 3.63) is 342 Å². The van der Waals surface area contributed by atoms with Crippen LogP contribution in [-0.4, -0.2) is 9.13 Å². The van der Waals surface area contributed by atoms with Gasteiger partial charge < -0.3 is 14.0 Å². The van der Waals surface area contributed by atoms with E-state index in [1.807, 2.05) is 0 Å². The van der Waals surface area contributed by atoms with Gasteiger partial charge >= 0.3 is 0 Å². The molecule has 83 heavy (non-hydrogen) atoms. The van der Waals surface area contributed by atoms with E-state index >= 15 is 0 Å². The Balaban J connectivity index is 0.856. The largest absolute Gasteiger partial charge is 0.310 e. The first kappa shape index (κ1) is 45.0. The minimum atomic E-state index is -0.611. The molecular formula is C80H49N3. The van der Waals surface area contributed by atoms with Crippen LogP contribution in [0, 0.1) is 0 Å². The second-order valence-corrected chi connectivity index (χ2v) is 23.0. The van der Waals surface area contributed by atoms with Crippen LogP contribution in [0.1, 0.15) is 44.5 Å². The lowest BCUT2D eigenvalue weighted by molar-refractivity contribution is 0.748. The summed E-state index contributed by atoms with van der Waals surface area (Å²) in [5, 5.41) is 5.05. The Labute approximate surface area is 480 Å². The van der Waals surface area contributed by atoms with Crippen molar-refractivity contribution in [2.45, 2.75) is 10.8 Å². The van der Waals surface area contributed by atoms with Gasteiger partial charge in [0.25, 0.3) is 0 Å². The third kappa shape index (κ3) is 5.68. The third-order valence-electron chi connectivity index (χ3n) is 19.3. The average Bonchev–Trinajstić information content (AvgIpc) is 2.26. The van der Waals surface area contributed by atoms with Crippen LogP contribution < -0.4 is 4.90 Å². The Morgan fingerprint density at radius 1 is 0.241 bits per heavy atom. The first-order chi connectivity index (χ1) is 41.2. The van der Waals surface area contributed by atoms with E-state index in [0.717, 1.165) is 28.3 Å². The standard InChI is InChI=1S/C80H49N3/c1-2-19-52(20-3-1)82-74-34-15-8-25-62(74)64-44-39-51(47-77(64)82)50-37-40-53(41-38-50)81(54-42-45-60-58-23-6-12-30-68(58)79(72(60)48-54)66-28-10-4-21-56(66)57-22-5-11-29-67(57)79)55-43-46-61-59-24-7-13-31-69(59)80(73(61)49-55)70-32-14-17-36-76(70)83-75-35-16-9-26-63(75)65-27-18-33-71(80)78(65)83/h1-49H.